The number of methoxy groups -OCH3 is 2. The van der Waals surface area contributed by atoms with Crippen molar-refractivity contribution in [1.82, 2.24) is 5.48 Å². The van der Waals surface area contributed by atoms with Gasteiger partial charge in [0.25, 0.3) is 5.91 Å². The van der Waals surface area contributed by atoms with E-state index in [0.29, 0.717) is 17.1 Å². The molecule has 0 atom stereocenters. The van der Waals surface area contributed by atoms with Gasteiger partial charge in [-0.1, -0.05) is 0 Å². The van der Waals surface area contributed by atoms with Gasteiger partial charge in [0.05, 0.1) is 21.3 Å². The number of carbonyl (C=O) groups excluding carboxylic acids is 1. The largest absolute Gasteiger partial charge is 0.493 e. The Morgan fingerprint density at radius 2 is 1.80 bits per heavy atom. The van der Waals surface area contributed by atoms with E-state index in [1.54, 1.807) is 18.2 Å². The van der Waals surface area contributed by atoms with Crippen molar-refractivity contribution in [3.63, 3.8) is 0 Å². The number of carbonyl (C=O) groups is 1. The van der Waals surface area contributed by atoms with E-state index >= 15 is 0 Å². The van der Waals surface area contributed by atoms with Crippen LogP contribution >= 0.6 is 0 Å². The summed E-state index contributed by atoms with van der Waals surface area (Å²) in [5.41, 5.74) is 2.65. The van der Waals surface area contributed by atoms with Gasteiger partial charge in [0.1, 0.15) is 0 Å². The first kappa shape index (κ1) is 11.3. The minimum absolute atomic E-state index is 0.335. The molecule has 1 rings (SSSR count). The molecule has 0 aromatic heterocycles. The summed E-state index contributed by atoms with van der Waals surface area (Å²) in [6.07, 6.45) is 0. The maximum atomic E-state index is 11.4. The van der Waals surface area contributed by atoms with Crippen molar-refractivity contribution in [3.05, 3.63) is 23.8 Å². The summed E-state index contributed by atoms with van der Waals surface area (Å²) < 4.78 is 10.1. The van der Waals surface area contributed by atoms with E-state index in [-0.39, 0.29) is 5.91 Å². The van der Waals surface area contributed by atoms with Crippen LogP contribution in [-0.4, -0.2) is 27.2 Å². The van der Waals surface area contributed by atoms with Crippen LogP contribution in [0.2, 0.25) is 0 Å². The van der Waals surface area contributed by atoms with Crippen molar-refractivity contribution in [1.29, 1.82) is 0 Å². The van der Waals surface area contributed by atoms with Gasteiger partial charge in [-0.3, -0.25) is 9.63 Å². The van der Waals surface area contributed by atoms with E-state index in [9.17, 15) is 4.79 Å². The second kappa shape index (κ2) is 5.21. The molecule has 0 aliphatic carbocycles. The molecule has 0 fully saturated rings. The van der Waals surface area contributed by atoms with Crippen molar-refractivity contribution in [3.8, 4) is 11.5 Å². The van der Waals surface area contributed by atoms with Gasteiger partial charge in [-0.25, -0.2) is 5.48 Å². The quantitative estimate of drug-likeness (QED) is 0.755. The van der Waals surface area contributed by atoms with Crippen LogP contribution in [0.15, 0.2) is 18.2 Å². The number of benzene rings is 1. The smallest absolute Gasteiger partial charge is 0.274 e. The van der Waals surface area contributed by atoms with Crippen LogP contribution in [0.5, 0.6) is 11.5 Å². The molecule has 0 bridgehead atoms. The molecule has 5 nitrogen and oxygen atoms in total. The maximum absolute atomic E-state index is 11.4. The fourth-order valence-electron chi connectivity index (χ4n) is 1.13. The summed E-state index contributed by atoms with van der Waals surface area (Å²) in [4.78, 5) is 15.9. The Labute approximate surface area is 87.9 Å². The number of nitrogens with one attached hydrogen (secondary N) is 1. The van der Waals surface area contributed by atoms with E-state index in [1.165, 1.54) is 21.3 Å². The lowest BCUT2D eigenvalue weighted by molar-refractivity contribution is 0.0537. The third-order valence-corrected chi connectivity index (χ3v) is 1.84. The van der Waals surface area contributed by atoms with Crippen LogP contribution in [0.3, 0.4) is 0 Å². The number of hydrogen-bond acceptors (Lipinski definition) is 4. The molecule has 5 heteroatoms. The molecule has 0 aliphatic heterocycles. The fourth-order valence-corrected chi connectivity index (χ4v) is 1.13. The molecule has 1 N–H and O–H groups in total. The van der Waals surface area contributed by atoms with Gasteiger partial charge in [-0.2, -0.15) is 0 Å². The molecule has 0 radical (unpaired) electrons. The van der Waals surface area contributed by atoms with Crippen molar-refractivity contribution in [2.24, 2.45) is 0 Å². The number of ether oxygens (including phenoxy) is 2. The van der Waals surface area contributed by atoms with Crippen LogP contribution < -0.4 is 15.0 Å². The molecule has 0 aliphatic rings. The third kappa shape index (κ3) is 2.60. The number of hydrogen-bond donors (Lipinski definition) is 1. The molecule has 0 unspecified atom stereocenters. The molecule has 0 saturated carbocycles. The molecule has 0 spiro atoms. The van der Waals surface area contributed by atoms with Gasteiger partial charge in [0.2, 0.25) is 0 Å². The van der Waals surface area contributed by atoms with Crippen molar-refractivity contribution in [2.45, 2.75) is 0 Å². The first-order valence-corrected chi connectivity index (χ1v) is 4.28. The number of hydroxylamine groups is 1. The van der Waals surface area contributed by atoms with E-state index in [1.807, 2.05) is 0 Å². The van der Waals surface area contributed by atoms with Crippen molar-refractivity contribution in [2.75, 3.05) is 21.3 Å². The fraction of sp³-hybridized carbons (Fsp3) is 0.300. The Hall–Kier alpha value is -1.75. The Morgan fingerprint density at radius 3 is 2.33 bits per heavy atom. The number of rotatable bonds is 4. The van der Waals surface area contributed by atoms with Gasteiger partial charge in [0.15, 0.2) is 11.5 Å². The monoisotopic (exact) mass is 211 g/mol. The number of amides is 1. The summed E-state index contributed by atoms with van der Waals surface area (Å²) in [6.45, 7) is 0. The SMILES string of the molecule is CONC(=O)c1ccc(OC)c(OC)c1. The lowest BCUT2D eigenvalue weighted by atomic mass is 10.2. The molecular formula is C10H13NO4. The second-order valence-corrected chi connectivity index (χ2v) is 2.71. The van der Waals surface area contributed by atoms with Gasteiger partial charge >= 0.3 is 0 Å². The predicted octanol–water partition coefficient (Wildman–Crippen LogP) is 0.995. The van der Waals surface area contributed by atoms with Crippen LogP contribution in [-0.2, 0) is 4.84 Å². The predicted molar refractivity (Wildman–Crippen MR) is 54.0 cm³/mol. The summed E-state index contributed by atoms with van der Waals surface area (Å²) in [7, 11) is 4.42. The summed E-state index contributed by atoms with van der Waals surface area (Å²) in [5.74, 6) is 0.742. The standard InChI is InChI=1S/C10H13NO4/c1-13-8-5-4-7(6-9(8)14-2)10(12)11-15-3/h4-6H,1-3H3,(H,11,12). The van der Waals surface area contributed by atoms with E-state index < -0.39 is 0 Å². The molecule has 1 aromatic rings. The summed E-state index contributed by atoms with van der Waals surface area (Å²) >= 11 is 0. The molecule has 1 amide bonds. The molecule has 1 aromatic carbocycles. The molecule has 82 valence electrons. The zero-order valence-electron chi connectivity index (χ0n) is 8.87. The second-order valence-electron chi connectivity index (χ2n) is 2.71. The average molecular weight is 211 g/mol. The highest BCUT2D eigenvalue weighted by molar-refractivity contribution is 5.94. The Kier molecular flexibility index (Phi) is 3.93. The lowest BCUT2D eigenvalue weighted by Gasteiger charge is -2.08. The van der Waals surface area contributed by atoms with Crippen LogP contribution in [0.1, 0.15) is 10.4 Å². The summed E-state index contributed by atoms with van der Waals surface area (Å²) in [6, 6.07) is 4.85. The minimum Gasteiger partial charge on any atom is -0.493 e. The zero-order valence-corrected chi connectivity index (χ0v) is 8.87. The van der Waals surface area contributed by atoms with Gasteiger partial charge in [-0.15, -0.1) is 0 Å². The molecule has 0 heterocycles. The molecular weight excluding hydrogens is 198 g/mol. The van der Waals surface area contributed by atoms with Crippen LogP contribution in [0, 0.1) is 0 Å². The summed E-state index contributed by atoms with van der Waals surface area (Å²) in [5, 5.41) is 0. The van der Waals surface area contributed by atoms with Crippen molar-refractivity contribution < 1.29 is 19.1 Å². The highest BCUT2D eigenvalue weighted by Crippen LogP contribution is 2.27. The normalized spacial score (nSPS) is 9.53. The van der Waals surface area contributed by atoms with Gasteiger partial charge < -0.3 is 9.47 Å². The maximum Gasteiger partial charge on any atom is 0.274 e. The Balaban J connectivity index is 2.97. The van der Waals surface area contributed by atoms with Crippen LogP contribution in [0.25, 0.3) is 0 Å². The first-order chi connectivity index (χ1) is 7.22. The minimum atomic E-state index is -0.335. The Bertz CT molecular complexity index is 351. The highest BCUT2D eigenvalue weighted by Gasteiger charge is 2.09. The first-order valence-electron chi connectivity index (χ1n) is 4.28. The van der Waals surface area contributed by atoms with Gasteiger partial charge in [0, 0.05) is 5.56 Å². The Morgan fingerprint density at radius 1 is 1.13 bits per heavy atom. The van der Waals surface area contributed by atoms with Crippen molar-refractivity contribution >= 4 is 5.91 Å². The average Bonchev–Trinajstić information content (AvgIpc) is 2.28. The van der Waals surface area contributed by atoms with E-state index in [4.69, 9.17) is 9.47 Å². The van der Waals surface area contributed by atoms with Gasteiger partial charge in [-0.05, 0) is 18.2 Å². The van der Waals surface area contributed by atoms with Crippen LogP contribution in [0.4, 0.5) is 0 Å². The lowest BCUT2D eigenvalue weighted by Crippen LogP contribution is -2.21. The third-order valence-electron chi connectivity index (χ3n) is 1.84. The molecule has 0 saturated heterocycles. The topological polar surface area (TPSA) is 56.8 Å². The van der Waals surface area contributed by atoms with E-state index in [2.05, 4.69) is 10.3 Å². The zero-order chi connectivity index (χ0) is 11.3. The molecule has 15 heavy (non-hydrogen) atoms. The van der Waals surface area contributed by atoms with E-state index in [0.717, 1.165) is 0 Å². The highest BCUT2D eigenvalue weighted by atomic mass is 16.6.